The molecule has 9 heteroatoms. The van der Waals surface area contributed by atoms with Gasteiger partial charge in [-0.1, -0.05) is 36.8 Å². The second-order valence-corrected chi connectivity index (χ2v) is 13.4. The van der Waals surface area contributed by atoms with Gasteiger partial charge in [0.15, 0.2) is 19.7 Å². The van der Waals surface area contributed by atoms with Crippen LogP contribution >= 0.6 is 0 Å². The van der Waals surface area contributed by atoms with Crippen molar-refractivity contribution in [1.82, 2.24) is 10.2 Å². The number of nitrogens with zero attached hydrogens (tertiary/aromatic N) is 1. The molecule has 2 aliphatic heterocycles. The van der Waals surface area contributed by atoms with Gasteiger partial charge >= 0.3 is 0 Å². The Bertz CT molecular complexity index is 1180. The van der Waals surface area contributed by atoms with Gasteiger partial charge in [-0.15, -0.1) is 0 Å². The number of piperidine rings is 1. The van der Waals surface area contributed by atoms with Gasteiger partial charge in [-0.05, 0) is 62.2 Å². The maximum absolute atomic E-state index is 13.6. The average molecular weight is 495 g/mol. The lowest BCUT2D eigenvalue weighted by Crippen LogP contribution is -2.47. The average Bonchev–Trinajstić information content (AvgIpc) is 3.10. The summed E-state index contributed by atoms with van der Waals surface area (Å²) < 4.78 is 65.5. The molecule has 0 spiro atoms. The molecule has 0 saturated carbocycles. The minimum Gasteiger partial charge on any atom is -0.310 e. The van der Waals surface area contributed by atoms with Crippen LogP contribution in [0, 0.1) is 12.7 Å². The SMILES string of the molecule is Cc1cc(F)ccc1S(=O)(=O)[C@H]1CS(=O)(=O)C[C@@H]1NCC(c1ccccc1)N1CCCCC1. The minimum atomic E-state index is -3.97. The van der Waals surface area contributed by atoms with Gasteiger partial charge in [0.1, 0.15) is 5.82 Å². The summed E-state index contributed by atoms with van der Waals surface area (Å²) in [6.45, 7) is 3.91. The first-order valence-corrected chi connectivity index (χ1v) is 14.8. The summed E-state index contributed by atoms with van der Waals surface area (Å²) in [6, 6.07) is 12.9. The largest absolute Gasteiger partial charge is 0.310 e. The van der Waals surface area contributed by atoms with E-state index in [9.17, 15) is 21.2 Å². The third kappa shape index (κ3) is 5.48. The van der Waals surface area contributed by atoms with Gasteiger partial charge in [-0.2, -0.15) is 0 Å². The zero-order valence-corrected chi connectivity index (χ0v) is 20.4. The van der Waals surface area contributed by atoms with Gasteiger partial charge in [-0.3, -0.25) is 4.90 Å². The molecule has 0 aliphatic carbocycles. The highest BCUT2D eigenvalue weighted by molar-refractivity contribution is 7.96. The lowest BCUT2D eigenvalue weighted by molar-refractivity contribution is 0.158. The van der Waals surface area contributed by atoms with E-state index >= 15 is 0 Å². The third-order valence-electron chi connectivity index (χ3n) is 6.73. The summed E-state index contributed by atoms with van der Waals surface area (Å²) in [5, 5.41) is 2.21. The molecule has 2 heterocycles. The topological polar surface area (TPSA) is 83.5 Å². The summed E-state index contributed by atoms with van der Waals surface area (Å²) in [4.78, 5) is 2.39. The summed E-state index contributed by atoms with van der Waals surface area (Å²) in [5.74, 6) is -1.17. The molecule has 0 radical (unpaired) electrons. The van der Waals surface area contributed by atoms with E-state index in [1.807, 2.05) is 18.2 Å². The maximum Gasteiger partial charge on any atom is 0.184 e. The van der Waals surface area contributed by atoms with Crippen LogP contribution in [0.25, 0.3) is 0 Å². The van der Waals surface area contributed by atoms with Crippen LogP contribution in [0.2, 0.25) is 0 Å². The van der Waals surface area contributed by atoms with Gasteiger partial charge in [0, 0.05) is 18.6 Å². The lowest BCUT2D eigenvalue weighted by Gasteiger charge is -2.36. The Kier molecular flexibility index (Phi) is 7.23. The molecule has 0 bridgehead atoms. The standard InChI is InChI=1S/C24H31FN2O4S2/c1-18-14-20(25)10-11-23(18)33(30,31)24-17-32(28,29)16-21(24)26-15-22(19-8-4-2-5-9-19)27-12-6-3-7-13-27/h2,4-5,8-11,14,21-22,24,26H,3,6-7,12-13,15-17H2,1H3/t21-,22?,24-/m0/s1. The number of likely N-dealkylation sites (tertiary alicyclic amines) is 1. The first-order chi connectivity index (χ1) is 15.7. The van der Waals surface area contributed by atoms with Crippen molar-refractivity contribution in [3.8, 4) is 0 Å². The molecule has 180 valence electrons. The fraction of sp³-hybridized carbons (Fsp3) is 0.500. The summed E-state index contributed by atoms with van der Waals surface area (Å²) in [6.07, 6.45) is 3.42. The number of halogens is 1. The molecule has 1 N–H and O–H groups in total. The van der Waals surface area contributed by atoms with Gasteiger partial charge < -0.3 is 5.32 Å². The number of rotatable bonds is 7. The smallest absolute Gasteiger partial charge is 0.184 e. The molecule has 6 nitrogen and oxygen atoms in total. The predicted molar refractivity (Wildman–Crippen MR) is 127 cm³/mol. The van der Waals surface area contributed by atoms with Crippen LogP contribution in [0.4, 0.5) is 4.39 Å². The molecule has 2 fully saturated rings. The number of sulfone groups is 2. The van der Waals surface area contributed by atoms with E-state index < -0.39 is 42.5 Å². The van der Waals surface area contributed by atoms with Crippen LogP contribution < -0.4 is 5.32 Å². The molecule has 0 aromatic heterocycles. The van der Waals surface area contributed by atoms with E-state index in [4.69, 9.17) is 0 Å². The van der Waals surface area contributed by atoms with Crippen molar-refractivity contribution in [2.24, 2.45) is 0 Å². The third-order valence-corrected chi connectivity index (χ3v) is 11.0. The first kappa shape index (κ1) is 24.3. The number of hydrogen-bond acceptors (Lipinski definition) is 6. The number of aryl methyl sites for hydroxylation is 1. The summed E-state index contributed by atoms with van der Waals surface area (Å²) in [7, 11) is -7.49. The Hall–Kier alpha value is -1.81. The minimum absolute atomic E-state index is 0.00607. The van der Waals surface area contributed by atoms with Gasteiger partial charge in [0.25, 0.3) is 0 Å². The van der Waals surface area contributed by atoms with Crippen molar-refractivity contribution in [3.05, 3.63) is 65.5 Å². The van der Waals surface area contributed by atoms with E-state index in [-0.39, 0.29) is 22.3 Å². The Balaban J connectivity index is 1.59. The predicted octanol–water partition coefficient (Wildman–Crippen LogP) is 2.89. The fourth-order valence-electron chi connectivity index (χ4n) is 5.03. The highest BCUT2D eigenvalue weighted by Crippen LogP contribution is 2.30. The monoisotopic (exact) mass is 494 g/mol. The highest BCUT2D eigenvalue weighted by Gasteiger charge is 2.46. The zero-order chi connectivity index (χ0) is 23.6. The molecule has 33 heavy (non-hydrogen) atoms. The molecule has 2 saturated heterocycles. The normalized spacial score (nSPS) is 24.5. The molecular formula is C24H31FN2O4S2. The van der Waals surface area contributed by atoms with Crippen LogP contribution in [0.15, 0.2) is 53.4 Å². The Labute approximate surface area is 196 Å². The number of hydrogen-bond donors (Lipinski definition) is 1. The molecule has 2 aromatic rings. The van der Waals surface area contributed by atoms with E-state index in [2.05, 4.69) is 22.3 Å². The lowest BCUT2D eigenvalue weighted by atomic mass is 10.0. The quantitative estimate of drug-likeness (QED) is 0.596. The van der Waals surface area contributed by atoms with Crippen molar-refractivity contribution < 1.29 is 21.2 Å². The second-order valence-electron chi connectivity index (χ2n) is 9.11. The van der Waals surface area contributed by atoms with Crippen molar-refractivity contribution in [3.63, 3.8) is 0 Å². The van der Waals surface area contributed by atoms with E-state index in [0.29, 0.717) is 6.54 Å². The summed E-state index contributed by atoms with van der Waals surface area (Å²) in [5.41, 5.74) is 1.41. The van der Waals surface area contributed by atoms with E-state index in [0.717, 1.165) is 37.6 Å². The second kappa shape index (κ2) is 9.82. The van der Waals surface area contributed by atoms with Crippen molar-refractivity contribution in [2.75, 3.05) is 31.1 Å². The Morgan fingerprint density at radius 1 is 1.06 bits per heavy atom. The van der Waals surface area contributed by atoms with Crippen molar-refractivity contribution in [1.29, 1.82) is 0 Å². The maximum atomic E-state index is 13.6. The van der Waals surface area contributed by atoms with E-state index in [1.54, 1.807) is 0 Å². The molecule has 3 atom stereocenters. The van der Waals surface area contributed by atoms with Gasteiger partial charge in [-0.25, -0.2) is 21.2 Å². The van der Waals surface area contributed by atoms with Crippen LogP contribution in [0.1, 0.15) is 36.4 Å². The summed E-state index contributed by atoms with van der Waals surface area (Å²) >= 11 is 0. The van der Waals surface area contributed by atoms with Gasteiger partial charge in [0.05, 0.1) is 21.7 Å². The van der Waals surface area contributed by atoms with Crippen LogP contribution in [-0.2, 0) is 19.7 Å². The molecule has 0 amide bonds. The number of benzene rings is 2. The fourth-order valence-corrected chi connectivity index (χ4v) is 9.98. The molecule has 1 unspecified atom stereocenters. The van der Waals surface area contributed by atoms with Crippen molar-refractivity contribution >= 4 is 19.7 Å². The zero-order valence-electron chi connectivity index (χ0n) is 18.8. The van der Waals surface area contributed by atoms with E-state index in [1.165, 1.54) is 25.5 Å². The van der Waals surface area contributed by atoms with Crippen molar-refractivity contribution in [2.45, 2.75) is 48.4 Å². The molecule has 4 rings (SSSR count). The highest BCUT2D eigenvalue weighted by atomic mass is 32.2. The molecular weight excluding hydrogens is 463 g/mol. The van der Waals surface area contributed by atoms with Crippen LogP contribution in [-0.4, -0.2) is 64.2 Å². The van der Waals surface area contributed by atoms with Crippen LogP contribution in [0.3, 0.4) is 0 Å². The van der Waals surface area contributed by atoms with Gasteiger partial charge in [0.2, 0.25) is 0 Å². The molecule has 2 aliphatic rings. The first-order valence-electron chi connectivity index (χ1n) is 11.4. The Morgan fingerprint density at radius 3 is 2.42 bits per heavy atom. The van der Waals surface area contributed by atoms with Crippen LogP contribution in [0.5, 0.6) is 0 Å². The number of nitrogens with one attached hydrogen (secondary N) is 1. The Morgan fingerprint density at radius 2 is 1.76 bits per heavy atom. The molecule has 2 aromatic carbocycles.